The Morgan fingerprint density at radius 3 is 2.94 bits per heavy atom. The number of rotatable bonds is 2. The van der Waals surface area contributed by atoms with Crippen molar-refractivity contribution < 1.29 is 14.3 Å². The molecular formula is C14H14O3. The fourth-order valence-electron chi connectivity index (χ4n) is 1.85. The van der Waals surface area contributed by atoms with Crippen molar-refractivity contribution in [1.82, 2.24) is 0 Å². The average molecular weight is 230 g/mol. The topological polar surface area (TPSA) is 35.5 Å². The molecule has 3 nitrogen and oxygen atoms in total. The molecule has 0 saturated carbocycles. The number of hydrogen-bond acceptors (Lipinski definition) is 3. The van der Waals surface area contributed by atoms with Gasteiger partial charge < -0.3 is 9.47 Å². The van der Waals surface area contributed by atoms with E-state index in [-0.39, 0.29) is 0 Å². The van der Waals surface area contributed by atoms with Crippen LogP contribution in [0.4, 0.5) is 0 Å². The van der Waals surface area contributed by atoms with Gasteiger partial charge in [0.05, 0.1) is 25.9 Å². The lowest BCUT2D eigenvalue weighted by Gasteiger charge is -2.11. The molecule has 0 fully saturated rings. The van der Waals surface area contributed by atoms with Gasteiger partial charge in [-0.1, -0.05) is 36.9 Å². The van der Waals surface area contributed by atoms with E-state index in [1.165, 1.54) is 7.11 Å². The van der Waals surface area contributed by atoms with Crippen molar-refractivity contribution in [3.8, 4) is 0 Å². The summed E-state index contributed by atoms with van der Waals surface area (Å²) in [7, 11) is 1.35. The third-order valence-electron chi connectivity index (χ3n) is 2.73. The first-order chi connectivity index (χ1) is 8.24. The first-order valence-electron chi connectivity index (χ1n) is 5.38. The standard InChI is InChI=1S/C14H14O3/c1-10(14(15)16-2)12-7-8-17-9-11-5-3-4-6-13(11)12/h3-7H,1,8-9H2,2H3. The molecule has 0 amide bonds. The fraction of sp³-hybridized carbons (Fsp3) is 0.214. The molecule has 1 aromatic rings. The number of carbonyl (C=O) groups excluding carboxylic acids is 1. The van der Waals surface area contributed by atoms with Crippen molar-refractivity contribution in [3.05, 3.63) is 53.6 Å². The largest absolute Gasteiger partial charge is 0.465 e. The zero-order valence-corrected chi connectivity index (χ0v) is 9.73. The van der Waals surface area contributed by atoms with E-state index >= 15 is 0 Å². The van der Waals surface area contributed by atoms with Crippen LogP contribution in [0.25, 0.3) is 5.57 Å². The third kappa shape index (κ3) is 2.29. The minimum absolute atomic E-state index is 0.366. The summed E-state index contributed by atoms with van der Waals surface area (Å²) in [5.74, 6) is -0.409. The molecule has 0 aromatic heterocycles. The van der Waals surface area contributed by atoms with Crippen molar-refractivity contribution in [2.75, 3.05) is 13.7 Å². The number of fused-ring (bicyclic) bond motifs is 1. The van der Waals surface area contributed by atoms with E-state index in [4.69, 9.17) is 9.47 Å². The number of esters is 1. The lowest BCUT2D eigenvalue weighted by atomic mass is 9.95. The molecule has 1 heterocycles. The molecule has 0 spiro atoms. The molecular weight excluding hydrogens is 216 g/mol. The number of carbonyl (C=O) groups is 1. The molecule has 88 valence electrons. The number of methoxy groups -OCH3 is 1. The molecule has 0 aliphatic carbocycles. The minimum Gasteiger partial charge on any atom is -0.465 e. The summed E-state index contributed by atoms with van der Waals surface area (Å²) in [5, 5.41) is 0. The van der Waals surface area contributed by atoms with Crippen LogP contribution in [-0.2, 0) is 20.9 Å². The number of ether oxygens (including phenoxy) is 2. The SMILES string of the molecule is C=C(C(=O)OC)C1=CCOCc2ccccc21. The zero-order valence-electron chi connectivity index (χ0n) is 9.73. The smallest absolute Gasteiger partial charge is 0.337 e. The number of benzene rings is 1. The van der Waals surface area contributed by atoms with Gasteiger partial charge in [0.2, 0.25) is 0 Å². The highest BCUT2D eigenvalue weighted by Crippen LogP contribution is 2.28. The Hall–Kier alpha value is -1.87. The van der Waals surface area contributed by atoms with E-state index in [0.29, 0.717) is 18.8 Å². The van der Waals surface area contributed by atoms with Crippen LogP contribution in [0.15, 0.2) is 42.5 Å². The van der Waals surface area contributed by atoms with Crippen LogP contribution in [0.5, 0.6) is 0 Å². The van der Waals surface area contributed by atoms with Gasteiger partial charge in [0.1, 0.15) is 0 Å². The van der Waals surface area contributed by atoms with Gasteiger partial charge in [0.25, 0.3) is 0 Å². The molecule has 2 rings (SSSR count). The van der Waals surface area contributed by atoms with E-state index in [2.05, 4.69) is 6.58 Å². The van der Waals surface area contributed by atoms with Crippen LogP contribution in [0.3, 0.4) is 0 Å². The molecule has 1 aliphatic heterocycles. The number of hydrogen-bond donors (Lipinski definition) is 0. The highest BCUT2D eigenvalue weighted by molar-refractivity contribution is 6.06. The Kier molecular flexibility index (Phi) is 3.40. The third-order valence-corrected chi connectivity index (χ3v) is 2.73. The molecule has 0 unspecified atom stereocenters. The Morgan fingerprint density at radius 2 is 2.18 bits per heavy atom. The maximum absolute atomic E-state index is 11.5. The van der Waals surface area contributed by atoms with Gasteiger partial charge in [0, 0.05) is 0 Å². The summed E-state index contributed by atoms with van der Waals surface area (Å²) < 4.78 is 10.1. The van der Waals surface area contributed by atoms with E-state index < -0.39 is 5.97 Å². The van der Waals surface area contributed by atoms with Crippen LogP contribution in [0.1, 0.15) is 11.1 Å². The van der Waals surface area contributed by atoms with Crippen molar-refractivity contribution in [3.63, 3.8) is 0 Å². The van der Waals surface area contributed by atoms with Crippen molar-refractivity contribution in [2.45, 2.75) is 6.61 Å². The maximum atomic E-state index is 11.5. The molecule has 3 heteroatoms. The normalized spacial score (nSPS) is 14.3. The van der Waals surface area contributed by atoms with Crippen molar-refractivity contribution in [2.24, 2.45) is 0 Å². The Labute approximate surface area is 100 Å². The van der Waals surface area contributed by atoms with Gasteiger partial charge >= 0.3 is 5.97 Å². The quantitative estimate of drug-likeness (QED) is 0.578. The average Bonchev–Trinajstić information content (AvgIpc) is 2.59. The maximum Gasteiger partial charge on any atom is 0.337 e. The second-order valence-corrected chi connectivity index (χ2v) is 3.76. The molecule has 1 aliphatic rings. The summed E-state index contributed by atoms with van der Waals surface area (Å²) in [6.45, 7) is 4.81. The lowest BCUT2D eigenvalue weighted by molar-refractivity contribution is -0.135. The van der Waals surface area contributed by atoms with E-state index in [1.807, 2.05) is 30.3 Å². The molecule has 0 N–H and O–H groups in total. The minimum atomic E-state index is -0.409. The summed E-state index contributed by atoms with van der Waals surface area (Å²) in [6.07, 6.45) is 1.87. The summed E-state index contributed by atoms with van der Waals surface area (Å²) in [4.78, 5) is 11.5. The van der Waals surface area contributed by atoms with E-state index in [9.17, 15) is 4.79 Å². The summed E-state index contributed by atoms with van der Waals surface area (Å²) in [6, 6.07) is 7.83. The zero-order chi connectivity index (χ0) is 12.3. The fourth-order valence-corrected chi connectivity index (χ4v) is 1.85. The molecule has 0 saturated heterocycles. The predicted molar refractivity (Wildman–Crippen MR) is 65.2 cm³/mol. The molecule has 0 bridgehead atoms. The second kappa shape index (κ2) is 4.97. The molecule has 17 heavy (non-hydrogen) atoms. The molecule has 1 aromatic carbocycles. The van der Waals surface area contributed by atoms with Gasteiger partial charge in [-0.25, -0.2) is 4.79 Å². The van der Waals surface area contributed by atoms with Crippen LogP contribution < -0.4 is 0 Å². The Morgan fingerprint density at radius 1 is 1.41 bits per heavy atom. The van der Waals surface area contributed by atoms with E-state index in [0.717, 1.165) is 16.7 Å². The molecule has 0 atom stereocenters. The van der Waals surface area contributed by atoms with Gasteiger partial charge in [-0.05, 0) is 16.7 Å². The van der Waals surface area contributed by atoms with Crippen LogP contribution in [-0.4, -0.2) is 19.7 Å². The lowest BCUT2D eigenvalue weighted by Crippen LogP contribution is -2.06. The summed E-state index contributed by atoms with van der Waals surface area (Å²) in [5.41, 5.74) is 3.21. The van der Waals surface area contributed by atoms with Gasteiger partial charge in [-0.3, -0.25) is 0 Å². The van der Waals surface area contributed by atoms with Gasteiger partial charge in [-0.15, -0.1) is 0 Å². The van der Waals surface area contributed by atoms with Gasteiger partial charge in [0.15, 0.2) is 0 Å². The van der Waals surface area contributed by atoms with Crippen molar-refractivity contribution in [1.29, 1.82) is 0 Å². The first kappa shape index (κ1) is 11.6. The monoisotopic (exact) mass is 230 g/mol. The predicted octanol–water partition coefficient (Wildman–Crippen LogP) is 2.33. The highest BCUT2D eigenvalue weighted by Gasteiger charge is 2.18. The van der Waals surface area contributed by atoms with Crippen LogP contribution in [0.2, 0.25) is 0 Å². The van der Waals surface area contributed by atoms with Crippen LogP contribution >= 0.6 is 0 Å². The second-order valence-electron chi connectivity index (χ2n) is 3.76. The Balaban J connectivity index is 2.44. The van der Waals surface area contributed by atoms with Gasteiger partial charge in [-0.2, -0.15) is 0 Å². The molecule has 0 radical (unpaired) electrons. The Bertz CT molecular complexity index is 486. The first-order valence-corrected chi connectivity index (χ1v) is 5.38. The highest BCUT2D eigenvalue weighted by atomic mass is 16.5. The summed E-state index contributed by atoms with van der Waals surface area (Å²) >= 11 is 0. The van der Waals surface area contributed by atoms with E-state index in [1.54, 1.807) is 0 Å². The van der Waals surface area contributed by atoms with Crippen molar-refractivity contribution >= 4 is 11.5 Å². The van der Waals surface area contributed by atoms with Crippen LogP contribution in [0, 0.1) is 0 Å².